The van der Waals surface area contributed by atoms with E-state index in [-0.39, 0.29) is 25.2 Å². The molecule has 0 N–H and O–H groups in total. The molecule has 2 unspecified atom stereocenters. The maximum Gasteiger partial charge on any atom is 0.306 e. The van der Waals surface area contributed by atoms with Gasteiger partial charge in [-0.15, -0.1) is 23.5 Å². The fraction of sp³-hybridized carbons (Fsp3) is 0.765. The van der Waals surface area contributed by atoms with Crippen molar-refractivity contribution in [2.24, 2.45) is 0 Å². The van der Waals surface area contributed by atoms with E-state index in [9.17, 15) is 9.59 Å². The highest BCUT2D eigenvalue weighted by Gasteiger charge is 2.31. The molecule has 5 aliphatic rings. The summed E-state index contributed by atoms with van der Waals surface area (Å²) in [4.78, 5) is 27.5. The summed E-state index contributed by atoms with van der Waals surface area (Å²) in [6.45, 7) is 5.10. The molecule has 0 aromatic carbocycles. The number of thioether (sulfide) groups is 6. The molecule has 2 atom stereocenters. The van der Waals surface area contributed by atoms with Crippen LogP contribution in [0.5, 0.6) is 0 Å². The van der Waals surface area contributed by atoms with Crippen LogP contribution < -0.4 is 0 Å². The van der Waals surface area contributed by atoms with Crippen molar-refractivity contribution in [2.45, 2.75) is 74.7 Å². The quantitative estimate of drug-likeness (QED) is 0.0940. The number of carbonyl (C=O) groups excluding carboxylic acids is 2. The summed E-state index contributed by atoms with van der Waals surface area (Å²) in [6, 6.07) is 0. The highest BCUT2D eigenvalue weighted by Crippen LogP contribution is 2.63. The lowest BCUT2D eigenvalue weighted by Gasteiger charge is -2.09. The summed E-state index contributed by atoms with van der Waals surface area (Å²) in [6.07, 6.45) is 9.59. The average Bonchev–Trinajstić information content (AvgIpc) is 3.98. The molecule has 0 aromatic rings. The Kier molecular flexibility index (Phi) is 23.4. The molecule has 0 bridgehead atoms. The second-order valence-corrected chi connectivity index (χ2v) is 25.1. The van der Waals surface area contributed by atoms with Crippen LogP contribution in [0, 0.1) is 0 Å². The minimum atomic E-state index is -0.157. The third-order valence-electron chi connectivity index (χ3n) is 7.98. The number of esters is 2. The first kappa shape index (κ1) is 44.6. The van der Waals surface area contributed by atoms with Gasteiger partial charge < -0.3 is 28.4 Å². The fourth-order valence-corrected chi connectivity index (χ4v) is 19.8. The minimum absolute atomic E-state index is 0.157. The highest BCUT2D eigenvalue weighted by molar-refractivity contribution is 8.77. The van der Waals surface area contributed by atoms with E-state index in [1.54, 1.807) is 47.0 Å². The zero-order valence-corrected chi connectivity index (χ0v) is 37.6. The second kappa shape index (κ2) is 27.2. The van der Waals surface area contributed by atoms with Crippen LogP contribution in [0.3, 0.4) is 0 Å². The van der Waals surface area contributed by atoms with Crippen molar-refractivity contribution in [3.63, 3.8) is 0 Å². The summed E-state index contributed by atoms with van der Waals surface area (Å²) in [7, 11) is 7.90. The molecule has 5 rings (SSSR count). The SMILES string of the molecule is O=C(CCCCC1CCSS1)OCC1=C(COC(=O)CCCCC2CCSS2)SC(=C2SC3=C(SCCOCCOCCOCCOCCS3)S2)S1. The third kappa shape index (κ3) is 17.6. The summed E-state index contributed by atoms with van der Waals surface area (Å²) >= 11 is 10.6. The van der Waals surface area contributed by atoms with Crippen LogP contribution in [0.25, 0.3) is 0 Å². The zero-order valence-electron chi connectivity index (χ0n) is 29.5. The van der Waals surface area contributed by atoms with Gasteiger partial charge in [0.2, 0.25) is 0 Å². The van der Waals surface area contributed by atoms with Gasteiger partial charge in [-0.2, -0.15) is 0 Å². The third-order valence-corrected chi connectivity index (χ3v) is 22.6. The molecule has 0 spiro atoms. The molecule has 0 saturated carbocycles. The van der Waals surface area contributed by atoms with Crippen LogP contribution in [0.15, 0.2) is 26.8 Å². The van der Waals surface area contributed by atoms with Gasteiger partial charge in [0, 0.05) is 56.2 Å². The predicted molar refractivity (Wildman–Crippen MR) is 235 cm³/mol. The van der Waals surface area contributed by atoms with E-state index in [0.29, 0.717) is 65.7 Å². The Morgan fingerprint density at radius 2 is 0.942 bits per heavy atom. The average molecular weight is 907 g/mol. The molecule has 5 aliphatic heterocycles. The largest absolute Gasteiger partial charge is 0.460 e. The maximum absolute atomic E-state index is 12.8. The molecule has 2 saturated heterocycles. The number of rotatable bonds is 14. The Hall–Kier alpha value is 1.50. The monoisotopic (exact) mass is 906 g/mol. The molecule has 52 heavy (non-hydrogen) atoms. The van der Waals surface area contributed by atoms with Gasteiger partial charge in [-0.05, 0) is 38.5 Å². The lowest BCUT2D eigenvalue weighted by atomic mass is 10.1. The molecule has 2 fully saturated rings. The van der Waals surface area contributed by atoms with Crippen molar-refractivity contribution in [1.29, 1.82) is 0 Å². The number of ether oxygens (including phenoxy) is 6. The van der Waals surface area contributed by atoms with Crippen LogP contribution in [0.1, 0.15) is 64.2 Å². The Morgan fingerprint density at radius 3 is 1.37 bits per heavy atom. The second-order valence-electron chi connectivity index (χ2n) is 12.0. The number of unbranched alkanes of at least 4 members (excludes halogenated alkanes) is 2. The van der Waals surface area contributed by atoms with Crippen molar-refractivity contribution in [1.82, 2.24) is 0 Å². The van der Waals surface area contributed by atoms with Gasteiger partial charge >= 0.3 is 11.9 Å². The normalized spacial score (nSPS) is 24.6. The van der Waals surface area contributed by atoms with Crippen LogP contribution >= 0.6 is 114 Å². The van der Waals surface area contributed by atoms with Gasteiger partial charge in [-0.1, -0.05) is 103 Å². The Labute approximate surface area is 351 Å². The molecule has 0 radical (unpaired) electrons. The first-order chi connectivity index (χ1) is 25.6. The van der Waals surface area contributed by atoms with Gasteiger partial charge in [-0.25, -0.2) is 0 Å². The molecule has 0 amide bonds. The molecule has 0 aromatic heterocycles. The fourth-order valence-electron chi connectivity index (χ4n) is 5.19. The molecule has 18 heteroatoms. The van der Waals surface area contributed by atoms with E-state index in [4.69, 9.17) is 28.4 Å². The minimum Gasteiger partial charge on any atom is -0.460 e. The van der Waals surface area contributed by atoms with E-state index < -0.39 is 0 Å². The van der Waals surface area contributed by atoms with Crippen molar-refractivity contribution in [3.8, 4) is 0 Å². The molecule has 294 valence electrons. The standard InChI is InChI=1S/C34H50O8S10/c35-29(7-3-1-5-25-9-19-45-51-25)41-23-27-28(24-42-30(36)8-4-2-6-26-10-20-46-52-26)48-33(47-27)34-49-31-32(50-34)44-22-18-40-16-14-38-12-11-37-13-15-39-17-21-43-31/h25-26H,1-24H2. The molecule has 5 heterocycles. The number of carbonyl (C=O) groups is 2. The van der Waals surface area contributed by atoms with Crippen molar-refractivity contribution in [2.75, 3.05) is 89.1 Å². The first-order valence-corrected chi connectivity index (χ1v) is 28.0. The predicted octanol–water partition coefficient (Wildman–Crippen LogP) is 10.5. The van der Waals surface area contributed by atoms with E-state index in [2.05, 4.69) is 0 Å². The highest BCUT2D eigenvalue weighted by atomic mass is 33.1. The van der Waals surface area contributed by atoms with E-state index in [1.807, 2.05) is 66.7 Å². The number of hydrogen-bond acceptors (Lipinski definition) is 18. The van der Waals surface area contributed by atoms with Crippen LogP contribution in [-0.2, 0) is 38.0 Å². The van der Waals surface area contributed by atoms with E-state index >= 15 is 0 Å². The zero-order chi connectivity index (χ0) is 36.1. The topological polar surface area (TPSA) is 89.5 Å². The lowest BCUT2D eigenvalue weighted by Crippen LogP contribution is -2.13. The molecular formula is C34H50O8S10. The van der Waals surface area contributed by atoms with Crippen LogP contribution in [0.4, 0.5) is 0 Å². The van der Waals surface area contributed by atoms with Crippen LogP contribution in [0.2, 0.25) is 0 Å². The molecule has 8 nitrogen and oxygen atoms in total. The van der Waals surface area contributed by atoms with Gasteiger partial charge in [0.25, 0.3) is 0 Å². The van der Waals surface area contributed by atoms with Gasteiger partial charge in [0.15, 0.2) is 0 Å². The Morgan fingerprint density at radius 1 is 0.519 bits per heavy atom. The van der Waals surface area contributed by atoms with E-state index in [0.717, 1.165) is 61.7 Å². The smallest absolute Gasteiger partial charge is 0.306 e. The summed E-state index contributed by atoms with van der Waals surface area (Å²) in [5.74, 6) is 3.87. The van der Waals surface area contributed by atoms with Gasteiger partial charge in [-0.3, -0.25) is 9.59 Å². The number of hydrogen-bond donors (Lipinski definition) is 0. The van der Waals surface area contributed by atoms with E-state index in [1.165, 1.54) is 49.9 Å². The first-order valence-electron chi connectivity index (χ1n) is 18.0. The summed E-state index contributed by atoms with van der Waals surface area (Å²) in [5, 5.41) is 1.45. The molecular weight excluding hydrogens is 857 g/mol. The van der Waals surface area contributed by atoms with Crippen LogP contribution in [-0.4, -0.2) is 112 Å². The van der Waals surface area contributed by atoms with Crippen molar-refractivity contribution < 1.29 is 38.0 Å². The summed E-state index contributed by atoms with van der Waals surface area (Å²) < 4.78 is 39.4. The van der Waals surface area contributed by atoms with Gasteiger partial charge in [0.05, 0.1) is 69.8 Å². The van der Waals surface area contributed by atoms with Gasteiger partial charge in [0.1, 0.15) is 13.2 Å². The van der Waals surface area contributed by atoms with Crippen molar-refractivity contribution >= 4 is 126 Å². The maximum atomic E-state index is 12.8. The Balaban J connectivity index is 1.14. The lowest BCUT2D eigenvalue weighted by molar-refractivity contribution is -0.144. The Bertz CT molecular complexity index is 1120. The van der Waals surface area contributed by atoms with Crippen molar-refractivity contribution in [3.05, 3.63) is 26.8 Å². The molecule has 0 aliphatic carbocycles. The summed E-state index contributed by atoms with van der Waals surface area (Å²) in [5.41, 5.74) is 0.